The first-order valence-electron chi connectivity index (χ1n) is 9.84. The quantitative estimate of drug-likeness (QED) is 0.703. The van der Waals surface area contributed by atoms with Gasteiger partial charge in [0.25, 0.3) is 0 Å². The standard InChI is InChI=1S/C20H25N7O/c1-15(7-8-16-5-3-2-4-6-16)21-20(28)17-11-13-26(14-12-17)19-10-9-18-22-24-25-27(18)23-19/h2-6,9-10,15,17H,7-8,11-14H2,1H3,(H,21,28). The lowest BCUT2D eigenvalue weighted by Crippen LogP contribution is -2.43. The van der Waals surface area contributed by atoms with Crippen molar-refractivity contribution < 1.29 is 4.79 Å². The van der Waals surface area contributed by atoms with Gasteiger partial charge in [-0.1, -0.05) is 30.3 Å². The Morgan fingerprint density at radius 3 is 2.75 bits per heavy atom. The molecule has 2 aromatic heterocycles. The van der Waals surface area contributed by atoms with Crippen molar-refractivity contribution in [1.82, 2.24) is 30.6 Å². The first-order valence-corrected chi connectivity index (χ1v) is 9.84. The van der Waals surface area contributed by atoms with E-state index >= 15 is 0 Å². The summed E-state index contributed by atoms with van der Waals surface area (Å²) in [6.45, 7) is 3.69. The molecule has 0 radical (unpaired) electrons. The number of benzene rings is 1. The molecular weight excluding hydrogens is 354 g/mol. The molecule has 28 heavy (non-hydrogen) atoms. The molecule has 8 nitrogen and oxygen atoms in total. The molecule has 1 atom stereocenters. The zero-order valence-electron chi connectivity index (χ0n) is 16.0. The van der Waals surface area contributed by atoms with Crippen molar-refractivity contribution in [3.05, 3.63) is 48.0 Å². The fraction of sp³-hybridized carbons (Fsp3) is 0.450. The third-order valence-corrected chi connectivity index (χ3v) is 5.34. The van der Waals surface area contributed by atoms with E-state index in [1.54, 1.807) is 0 Å². The molecule has 3 aromatic rings. The molecule has 0 aliphatic carbocycles. The summed E-state index contributed by atoms with van der Waals surface area (Å²) in [7, 11) is 0. The molecule has 1 fully saturated rings. The Bertz CT molecular complexity index is 918. The summed E-state index contributed by atoms with van der Waals surface area (Å²) in [4.78, 5) is 14.8. The van der Waals surface area contributed by atoms with Crippen LogP contribution in [0.4, 0.5) is 5.82 Å². The molecular formula is C20H25N7O. The Morgan fingerprint density at radius 1 is 1.18 bits per heavy atom. The maximum Gasteiger partial charge on any atom is 0.223 e. The molecule has 0 bridgehead atoms. The van der Waals surface area contributed by atoms with Crippen LogP contribution in [0.3, 0.4) is 0 Å². The van der Waals surface area contributed by atoms with Crippen LogP contribution < -0.4 is 10.2 Å². The van der Waals surface area contributed by atoms with E-state index in [1.807, 2.05) is 18.2 Å². The van der Waals surface area contributed by atoms with Gasteiger partial charge >= 0.3 is 0 Å². The average molecular weight is 379 g/mol. The Balaban J connectivity index is 1.25. The fourth-order valence-electron chi connectivity index (χ4n) is 3.64. The largest absolute Gasteiger partial charge is 0.355 e. The van der Waals surface area contributed by atoms with Gasteiger partial charge in [-0.2, -0.15) is 0 Å². The number of nitrogens with zero attached hydrogens (tertiary/aromatic N) is 6. The number of hydrogen-bond donors (Lipinski definition) is 1. The molecule has 0 spiro atoms. The van der Waals surface area contributed by atoms with E-state index in [1.165, 1.54) is 10.2 Å². The van der Waals surface area contributed by atoms with Crippen LogP contribution in [0.5, 0.6) is 0 Å². The molecule has 1 N–H and O–H groups in total. The van der Waals surface area contributed by atoms with Gasteiger partial charge in [-0.25, -0.2) is 0 Å². The molecule has 1 aliphatic heterocycles. The van der Waals surface area contributed by atoms with Crippen LogP contribution in [0.2, 0.25) is 0 Å². The van der Waals surface area contributed by atoms with Crippen molar-refractivity contribution >= 4 is 17.4 Å². The minimum atomic E-state index is 0.0622. The number of hydrogen-bond acceptors (Lipinski definition) is 6. The summed E-state index contributed by atoms with van der Waals surface area (Å²) in [5.74, 6) is 1.08. The third kappa shape index (κ3) is 4.27. The summed E-state index contributed by atoms with van der Waals surface area (Å²) in [6, 6.07) is 14.4. The van der Waals surface area contributed by atoms with Crippen molar-refractivity contribution in [2.45, 2.75) is 38.6 Å². The summed E-state index contributed by atoms with van der Waals surface area (Å²) >= 11 is 0. The van der Waals surface area contributed by atoms with Crippen LogP contribution in [-0.2, 0) is 11.2 Å². The molecule has 1 amide bonds. The number of amides is 1. The summed E-state index contributed by atoms with van der Waals surface area (Å²) in [5, 5.41) is 19.0. The van der Waals surface area contributed by atoms with Gasteiger partial charge in [0.15, 0.2) is 11.5 Å². The van der Waals surface area contributed by atoms with Crippen molar-refractivity contribution in [1.29, 1.82) is 0 Å². The highest BCUT2D eigenvalue weighted by molar-refractivity contribution is 5.79. The number of carbonyl (C=O) groups is 1. The van der Waals surface area contributed by atoms with Crippen LogP contribution in [-0.4, -0.2) is 50.3 Å². The molecule has 0 saturated carbocycles. The Morgan fingerprint density at radius 2 is 1.96 bits per heavy atom. The molecule has 1 unspecified atom stereocenters. The number of fused-ring (bicyclic) bond motifs is 1. The van der Waals surface area contributed by atoms with E-state index in [-0.39, 0.29) is 17.9 Å². The SMILES string of the molecule is CC(CCc1ccccc1)NC(=O)C1CCN(c2ccc3nnnn3n2)CC1. The van der Waals surface area contributed by atoms with Crippen molar-refractivity contribution in [2.75, 3.05) is 18.0 Å². The zero-order valence-corrected chi connectivity index (χ0v) is 16.0. The number of piperidine rings is 1. The summed E-state index contributed by atoms with van der Waals surface area (Å²) < 4.78 is 1.43. The minimum absolute atomic E-state index is 0.0622. The number of tetrazole rings is 1. The van der Waals surface area contributed by atoms with Gasteiger partial charge in [0.1, 0.15) is 0 Å². The Labute approximate surface area is 163 Å². The second-order valence-corrected chi connectivity index (χ2v) is 7.41. The van der Waals surface area contributed by atoms with E-state index in [0.717, 1.165) is 44.6 Å². The van der Waals surface area contributed by atoms with E-state index in [9.17, 15) is 4.79 Å². The first kappa shape index (κ1) is 18.3. The molecule has 4 rings (SSSR count). The van der Waals surface area contributed by atoms with Crippen molar-refractivity contribution in [2.24, 2.45) is 5.92 Å². The highest BCUT2D eigenvalue weighted by atomic mass is 16.1. The lowest BCUT2D eigenvalue weighted by Gasteiger charge is -2.32. The topological polar surface area (TPSA) is 88.3 Å². The Hall–Kier alpha value is -3.03. The molecule has 1 aliphatic rings. The fourth-order valence-corrected chi connectivity index (χ4v) is 3.64. The van der Waals surface area contributed by atoms with Crippen LogP contribution in [0, 0.1) is 5.92 Å². The first-order chi connectivity index (χ1) is 13.7. The molecule has 146 valence electrons. The van der Waals surface area contributed by atoms with Crippen LogP contribution >= 0.6 is 0 Å². The molecule has 1 saturated heterocycles. The number of rotatable bonds is 6. The van der Waals surface area contributed by atoms with Gasteiger partial charge in [0.2, 0.25) is 5.91 Å². The zero-order chi connectivity index (χ0) is 19.3. The second kappa shape index (κ2) is 8.33. The van der Waals surface area contributed by atoms with Gasteiger partial charge in [0, 0.05) is 25.0 Å². The van der Waals surface area contributed by atoms with E-state index < -0.39 is 0 Å². The third-order valence-electron chi connectivity index (χ3n) is 5.34. The number of aryl methyl sites for hydroxylation is 1. The van der Waals surface area contributed by atoms with Gasteiger partial charge in [-0.15, -0.1) is 14.8 Å². The lowest BCUT2D eigenvalue weighted by molar-refractivity contribution is -0.126. The van der Waals surface area contributed by atoms with Gasteiger partial charge < -0.3 is 10.2 Å². The number of anilines is 1. The minimum Gasteiger partial charge on any atom is -0.355 e. The van der Waals surface area contributed by atoms with Crippen molar-refractivity contribution in [3.8, 4) is 0 Å². The number of nitrogens with one attached hydrogen (secondary N) is 1. The van der Waals surface area contributed by atoms with E-state index in [4.69, 9.17) is 0 Å². The number of aromatic nitrogens is 5. The van der Waals surface area contributed by atoms with Crippen LogP contribution in [0.15, 0.2) is 42.5 Å². The predicted octanol–water partition coefficient (Wildman–Crippen LogP) is 1.87. The normalized spacial score (nSPS) is 16.2. The predicted molar refractivity (Wildman–Crippen MR) is 106 cm³/mol. The average Bonchev–Trinajstić information content (AvgIpc) is 3.21. The molecule has 3 heterocycles. The highest BCUT2D eigenvalue weighted by Gasteiger charge is 2.26. The summed E-state index contributed by atoms with van der Waals surface area (Å²) in [6.07, 6.45) is 3.58. The van der Waals surface area contributed by atoms with E-state index in [0.29, 0.717) is 5.65 Å². The van der Waals surface area contributed by atoms with Crippen LogP contribution in [0.25, 0.3) is 5.65 Å². The summed E-state index contributed by atoms with van der Waals surface area (Å²) in [5.41, 5.74) is 1.94. The maximum absolute atomic E-state index is 12.6. The number of carbonyl (C=O) groups excluding carboxylic acids is 1. The molecule has 8 heteroatoms. The van der Waals surface area contributed by atoms with Crippen LogP contribution in [0.1, 0.15) is 31.7 Å². The second-order valence-electron chi connectivity index (χ2n) is 7.41. The smallest absolute Gasteiger partial charge is 0.223 e. The molecule has 1 aromatic carbocycles. The van der Waals surface area contributed by atoms with Gasteiger partial charge in [-0.3, -0.25) is 4.79 Å². The monoisotopic (exact) mass is 379 g/mol. The highest BCUT2D eigenvalue weighted by Crippen LogP contribution is 2.22. The van der Waals surface area contributed by atoms with Gasteiger partial charge in [0.05, 0.1) is 0 Å². The van der Waals surface area contributed by atoms with Crippen molar-refractivity contribution in [3.63, 3.8) is 0 Å². The van der Waals surface area contributed by atoms with E-state index in [2.05, 4.69) is 62.0 Å². The lowest BCUT2D eigenvalue weighted by atomic mass is 9.95. The maximum atomic E-state index is 12.6. The van der Waals surface area contributed by atoms with Gasteiger partial charge in [-0.05, 0) is 60.7 Å². The Kier molecular flexibility index (Phi) is 5.45.